The Labute approximate surface area is 224 Å². The number of halogens is 1. The number of nitrogens with zero attached hydrogens (tertiary/aromatic N) is 2. The first-order chi connectivity index (χ1) is 18.1. The molecule has 1 N–H and O–H groups in total. The third-order valence-electron chi connectivity index (χ3n) is 6.46. The van der Waals surface area contributed by atoms with Crippen LogP contribution in [0, 0.1) is 0 Å². The topological polar surface area (TPSA) is 82.8 Å². The Kier molecular flexibility index (Phi) is 6.17. The second-order valence-electron chi connectivity index (χ2n) is 8.67. The van der Waals surface area contributed by atoms with E-state index in [4.69, 9.17) is 16.0 Å². The number of fused-ring (bicyclic) bond motifs is 2. The van der Waals surface area contributed by atoms with E-state index in [0.717, 1.165) is 44.8 Å². The Bertz CT molecular complexity index is 1610. The van der Waals surface area contributed by atoms with Crippen LogP contribution >= 0.6 is 0 Å². The third kappa shape index (κ3) is 4.48. The van der Waals surface area contributed by atoms with E-state index in [2.05, 4.69) is 0 Å². The fourth-order valence-electron chi connectivity index (χ4n) is 4.62. The molecule has 0 saturated carbocycles. The molecule has 0 bridgehead atoms. The summed E-state index contributed by atoms with van der Waals surface area (Å²) < 4.78 is 18.4. The van der Waals surface area contributed by atoms with Crippen molar-refractivity contribution in [3.63, 3.8) is 0 Å². The Morgan fingerprint density at radius 1 is 0.973 bits per heavy atom. The fraction of sp³-hybridized carbons (Fsp3) is 0.103. The van der Waals surface area contributed by atoms with E-state index in [-0.39, 0.29) is 6.42 Å². The summed E-state index contributed by atoms with van der Waals surface area (Å²) >= 11 is -0.786. The van der Waals surface area contributed by atoms with E-state index in [1.54, 1.807) is 7.11 Å². The van der Waals surface area contributed by atoms with Crippen molar-refractivity contribution in [2.45, 2.75) is 12.3 Å². The minimum atomic E-state index is -0.885. The van der Waals surface area contributed by atoms with Gasteiger partial charge in [-0.1, -0.05) is 24.3 Å². The number of aromatic nitrogens is 2. The van der Waals surface area contributed by atoms with Crippen molar-refractivity contribution in [2.24, 2.45) is 0 Å². The SMILES string of the molecule is COc1ccc(-n2nc(C[C@@H](C(=O)O)c3cccc4ccccc34)cc2-c2ccc3c(c2)O[I-]O3)cc1. The number of hydrogen-bond donors (Lipinski definition) is 1. The van der Waals surface area contributed by atoms with Gasteiger partial charge in [-0.3, -0.25) is 0 Å². The zero-order chi connectivity index (χ0) is 25.4. The van der Waals surface area contributed by atoms with Gasteiger partial charge in [-0.2, -0.15) is 0 Å². The van der Waals surface area contributed by atoms with Crippen molar-refractivity contribution in [3.8, 4) is 34.2 Å². The first-order valence-electron chi connectivity index (χ1n) is 11.7. The summed E-state index contributed by atoms with van der Waals surface area (Å²) in [6.07, 6.45) is 0.246. The van der Waals surface area contributed by atoms with Crippen LogP contribution in [0.1, 0.15) is 17.2 Å². The van der Waals surface area contributed by atoms with E-state index in [1.807, 2.05) is 95.7 Å². The molecule has 7 nitrogen and oxygen atoms in total. The number of hydrogen-bond acceptors (Lipinski definition) is 5. The van der Waals surface area contributed by atoms with Gasteiger partial charge in [0, 0.05) is 0 Å². The molecule has 1 aliphatic heterocycles. The maximum absolute atomic E-state index is 12.5. The van der Waals surface area contributed by atoms with Gasteiger partial charge in [0.2, 0.25) is 0 Å². The van der Waals surface area contributed by atoms with Crippen LogP contribution in [0.4, 0.5) is 0 Å². The molecular weight excluding hydrogens is 583 g/mol. The summed E-state index contributed by atoms with van der Waals surface area (Å²) in [4.78, 5) is 12.5. The summed E-state index contributed by atoms with van der Waals surface area (Å²) in [6, 6.07) is 29.0. The van der Waals surface area contributed by atoms with Crippen LogP contribution in [0.25, 0.3) is 27.7 Å². The van der Waals surface area contributed by atoms with Gasteiger partial charge < -0.3 is 0 Å². The minimum absolute atomic E-state index is 0.246. The standard InChI is InChI=1S/C29H22IN2O5/c1-35-22-12-10-21(11-13-22)32-26(19-9-14-27-28(15-19)37-30-36-27)17-20(31-32)16-25(29(33)34)24-8-4-6-18-5-2-3-7-23(18)24/h2-15,17,25H,16H2,1H3,(H,33,34)/q-1/t25-/m1/s1. The monoisotopic (exact) mass is 605 g/mol. The summed E-state index contributed by atoms with van der Waals surface area (Å²) in [5.41, 5.74) is 4.03. The normalized spacial score (nSPS) is 13.2. The number of methoxy groups -OCH3 is 1. The third-order valence-corrected chi connectivity index (χ3v) is 7.76. The van der Waals surface area contributed by atoms with Gasteiger partial charge in [0.05, 0.1) is 0 Å². The Morgan fingerprint density at radius 2 is 1.76 bits per heavy atom. The maximum atomic E-state index is 12.5. The molecule has 2 heterocycles. The van der Waals surface area contributed by atoms with E-state index in [9.17, 15) is 9.90 Å². The fourth-order valence-corrected chi connectivity index (χ4v) is 5.81. The molecule has 1 aromatic heterocycles. The molecule has 6 rings (SSSR count). The summed E-state index contributed by atoms with van der Waals surface area (Å²) in [6.45, 7) is 0. The van der Waals surface area contributed by atoms with Crippen LogP contribution in [0.3, 0.4) is 0 Å². The molecule has 0 unspecified atom stereocenters. The van der Waals surface area contributed by atoms with Gasteiger partial charge in [0.25, 0.3) is 0 Å². The molecule has 1 aliphatic rings. The summed E-state index contributed by atoms with van der Waals surface area (Å²) in [5, 5.41) is 17.1. The molecule has 37 heavy (non-hydrogen) atoms. The van der Waals surface area contributed by atoms with Crippen LogP contribution in [0.15, 0.2) is 91.0 Å². The average molecular weight is 605 g/mol. The van der Waals surface area contributed by atoms with Gasteiger partial charge in [0.15, 0.2) is 0 Å². The average Bonchev–Trinajstić information content (AvgIpc) is 3.58. The molecule has 5 aromatic rings. The Balaban J connectivity index is 1.44. The van der Waals surface area contributed by atoms with Gasteiger partial charge in [0.1, 0.15) is 0 Å². The number of carbonyl (C=O) groups is 1. The Hall–Kier alpha value is -4.05. The Morgan fingerprint density at radius 3 is 2.57 bits per heavy atom. The molecule has 186 valence electrons. The van der Waals surface area contributed by atoms with Gasteiger partial charge in [-0.25, -0.2) is 0 Å². The number of ether oxygens (including phenoxy) is 1. The summed E-state index contributed by atoms with van der Waals surface area (Å²) in [7, 11) is 1.63. The van der Waals surface area contributed by atoms with Gasteiger partial charge >= 0.3 is 201 Å². The van der Waals surface area contributed by atoms with Crippen molar-refractivity contribution in [3.05, 3.63) is 102 Å². The molecule has 1 atom stereocenters. The molecular formula is C29H22IN2O5-. The van der Waals surface area contributed by atoms with E-state index in [0.29, 0.717) is 11.4 Å². The van der Waals surface area contributed by atoms with Crippen LogP contribution in [-0.4, -0.2) is 28.0 Å². The molecule has 0 fully saturated rings. The van der Waals surface area contributed by atoms with Crippen LogP contribution in [0.5, 0.6) is 17.2 Å². The van der Waals surface area contributed by atoms with E-state index >= 15 is 0 Å². The molecule has 0 saturated heterocycles. The first-order valence-corrected chi connectivity index (χ1v) is 13.4. The summed E-state index contributed by atoms with van der Waals surface area (Å²) in [5.74, 6) is 0.567. The van der Waals surface area contributed by atoms with E-state index < -0.39 is 33.9 Å². The van der Waals surface area contributed by atoms with Crippen molar-refractivity contribution < 1.29 is 42.8 Å². The molecule has 8 heteroatoms. The van der Waals surface area contributed by atoms with Crippen molar-refractivity contribution in [2.75, 3.05) is 7.11 Å². The predicted octanol–water partition coefficient (Wildman–Crippen LogP) is 2.80. The number of rotatable bonds is 7. The van der Waals surface area contributed by atoms with Crippen LogP contribution < -0.4 is 32.9 Å². The van der Waals surface area contributed by atoms with Gasteiger partial charge in [-0.05, 0) is 0 Å². The zero-order valence-electron chi connectivity index (χ0n) is 19.8. The number of benzene rings is 4. The van der Waals surface area contributed by atoms with Crippen molar-refractivity contribution >= 4 is 16.7 Å². The van der Waals surface area contributed by atoms with Crippen LogP contribution in [-0.2, 0) is 11.2 Å². The van der Waals surface area contributed by atoms with Crippen LogP contribution in [0.2, 0.25) is 0 Å². The second-order valence-corrected chi connectivity index (χ2v) is 9.91. The quantitative estimate of drug-likeness (QED) is 0.288. The zero-order valence-corrected chi connectivity index (χ0v) is 22.0. The number of carboxylic acids is 1. The van der Waals surface area contributed by atoms with Crippen molar-refractivity contribution in [1.29, 1.82) is 0 Å². The molecule has 0 radical (unpaired) electrons. The second kappa shape index (κ2) is 9.78. The first kappa shape index (κ1) is 23.4. The van der Waals surface area contributed by atoms with E-state index in [1.165, 1.54) is 0 Å². The predicted molar refractivity (Wildman–Crippen MR) is 135 cm³/mol. The van der Waals surface area contributed by atoms with Crippen molar-refractivity contribution in [1.82, 2.24) is 9.78 Å². The number of aliphatic carboxylic acids is 1. The molecule has 0 amide bonds. The molecule has 0 aliphatic carbocycles. The number of carboxylic acid groups (broad SMARTS) is 1. The molecule has 0 spiro atoms. The van der Waals surface area contributed by atoms with Gasteiger partial charge in [-0.15, -0.1) is 0 Å². The molecule has 4 aromatic carbocycles.